The normalized spacial score (nSPS) is 16.5. The van der Waals surface area contributed by atoms with Crippen LogP contribution in [0.15, 0.2) is 72.9 Å². The standard InChI is InChI=1S/C25H28N2O3/c1-6-8-9-17(7-2)25-21-16-22(28)23(30-5)14-18(21)15-24(29)27(25)20-12-10-19(11-13-20)26(3)4/h6-14,16,25,28H,1,15H2,2-5H3. The van der Waals surface area contributed by atoms with Crippen LogP contribution in [0.1, 0.15) is 24.1 Å². The van der Waals surface area contributed by atoms with Crippen LogP contribution in [0.5, 0.6) is 11.5 Å². The van der Waals surface area contributed by atoms with Gasteiger partial charge in [-0.25, -0.2) is 0 Å². The number of phenolic OH excluding ortho intramolecular Hbond substituents is 1. The minimum Gasteiger partial charge on any atom is -0.504 e. The van der Waals surface area contributed by atoms with E-state index in [0.717, 1.165) is 28.1 Å². The summed E-state index contributed by atoms with van der Waals surface area (Å²) in [6, 6.07) is 11.0. The molecular weight excluding hydrogens is 376 g/mol. The van der Waals surface area contributed by atoms with Crippen molar-refractivity contribution in [1.29, 1.82) is 0 Å². The predicted octanol–water partition coefficient (Wildman–Crippen LogP) is 4.79. The van der Waals surface area contributed by atoms with Crippen LogP contribution >= 0.6 is 0 Å². The van der Waals surface area contributed by atoms with Crippen LogP contribution in [0, 0.1) is 0 Å². The quantitative estimate of drug-likeness (QED) is 0.704. The van der Waals surface area contributed by atoms with E-state index in [-0.39, 0.29) is 24.1 Å². The molecule has 0 spiro atoms. The highest BCUT2D eigenvalue weighted by atomic mass is 16.5. The first-order chi connectivity index (χ1) is 14.4. The molecule has 0 saturated heterocycles. The molecule has 1 amide bonds. The molecule has 0 radical (unpaired) electrons. The molecule has 0 bridgehead atoms. The predicted molar refractivity (Wildman–Crippen MR) is 122 cm³/mol. The van der Waals surface area contributed by atoms with Gasteiger partial charge in [-0.05, 0) is 60.0 Å². The van der Waals surface area contributed by atoms with Gasteiger partial charge in [0.2, 0.25) is 5.91 Å². The van der Waals surface area contributed by atoms with Crippen molar-refractivity contribution in [3.05, 3.63) is 84.0 Å². The number of methoxy groups -OCH3 is 1. The molecule has 30 heavy (non-hydrogen) atoms. The number of carbonyl (C=O) groups excluding carboxylic acids is 1. The Morgan fingerprint density at radius 3 is 2.53 bits per heavy atom. The molecule has 156 valence electrons. The smallest absolute Gasteiger partial charge is 0.232 e. The van der Waals surface area contributed by atoms with Gasteiger partial charge in [0.15, 0.2) is 11.5 Å². The third-order valence-electron chi connectivity index (χ3n) is 5.32. The second kappa shape index (κ2) is 8.91. The van der Waals surface area contributed by atoms with Crippen LogP contribution in [-0.2, 0) is 11.2 Å². The van der Waals surface area contributed by atoms with Crippen LogP contribution in [0.2, 0.25) is 0 Å². The fraction of sp³-hybridized carbons (Fsp3) is 0.240. The number of ether oxygens (including phenoxy) is 1. The molecule has 1 N–H and O–H groups in total. The Bertz CT molecular complexity index is 1000. The topological polar surface area (TPSA) is 53.0 Å². The first-order valence-electron chi connectivity index (χ1n) is 9.85. The number of phenols is 1. The molecule has 2 aromatic rings. The third-order valence-corrected chi connectivity index (χ3v) is 5.32. The van der Waals surface area contributed by atoms with Gasteiger partial charge in [-0.15, -0.1) is 0 Å². The Kier molecular flexibility index (Phi) is 6.31. The number of amides is 1. The summed E-state index contributed by atoms with van der Waals surface area (Å²) in [4.78, 5) is 17.1. The maximum Gasteiger partial charge on any atom is 0.232 e. The summed E-state index contributed by atoms with van der Waals surface area (Å²) < 4.78 is 5.26. The minimum atomic E-state index is -0.371. The molecule has 1 atom stereocenters. The number of rotatable bonds is 6. The molecule has 1 heterocycles. The lowest BCUT2D eigenvalue weighted by Gasteiger charge is -2.38. The number of nitrogens with zero attached hydrogens (tertiary/aromatic N) is 2. The van der Waals surface area contributed by atoms with Crippen LogP contribution in [0.4, 0.5) is 11.4 Å². The molecule has 0 aromatic heterocycles. The van der Waals surface area contributed by atoms with Gasteiger partial charge in [-0.1, -0.05) is 30.9 Å². The average Bonchev–Trinajstić information content (AvgIpc) is 2.74. The number of hydrogen-bond donors (Lipinski definition) is 1. The van der Waals surface area contributed by atoms with E-state index < -0.39 is 0 Å². The molecule has 0 fully saturated rings. The van der Waals surface area contributed by atoms with Crippen LogP contribution in [-0.4, -0.2) is 32.2 Å². The molecule has 0 aliphatic carbocycles. The zero-order valence-electron chi connectivity index (χ0n) is 17.9. The number of carbonyl (C=O) groups is 1. The zero-order valence-corrected chi connectivity index (χ0v) is 17.9. The van der Waals surface area contributed by atoms with Crippen molar-refractivity contribution >= 4 is 17.3 Å². The monoisotopic (exact) mass is 404 g/mol. The van der Waals surface area contributed by atoms with E-state index in [9.17, 15) is 9.90 Å². The van der Waals surface area contributed by atoms with Crippen LogP contribution in [0.25, 0.3) is 0 Å². The lowest BCUT2D eigenvalue weighted by atomic mass is 9.86. The van der Waals surface area contributed by atoms with Gasteiger partial charge in [-0.2, -0.15) is 0 Å². The van der Waals surface area contributed by atoms with E-state index in [1.165, 1.54) is 7.11 Å². The lowest BCUT2D eigenvalue weighted by molar-refractivity contribution is -0.118. The van der Waals surface area contributed by atoms with Gasteiger partial charge in [0.05, 0.1) is 19.6 Å². The second-order valence-corrected chi connectivity index (χ2v) is 7.36. The largest absolute Gasteiger partial charge is 0.504 e. The fourth-order valence-corrected chi connectivity index (χ4v) is 3.79. The van der Waals surface area contributed by atoms with Crippen LogP contribution < -0.4 is 14.5 Å². The van der Waals surface area contributed by atoms with E-state index >= 15 is 0 Å². The Morgan fingerprint density at radius 1 is 1.27 bits per heavy atom. The summed E-state index contributed by atoms with van der Waals surface area (Å²) in [7, 11) is 5.47. The average molecular weight is 405 g/mol. The van der Waals surface area contributed by atoms with Crippen LogP contribution in [0.3, 0.4) is 0 Å². The van der Waals surface area contributed by atoms with E-state index in [1.54, 1.807) is 23.1 Å². The number of allylic oxidation sites excluding steroid dienone is 3. The van der Waals surface area contributed by atoms with Gasteiger partial charge in [0.1, 0.15) is 0 Å². The Labute approximate surface area is 178 Å². The number of hydrogen-bond acceptors (Lipinski definition) is 4. The van der Waals surface area contributed by atoms with Crippen molar-refractivity contribution in [2.45, 2.75) is 19.4 Å². The van der Waals surface area contributed by atoms with Crippen molar-refractivity contribution in [3.8, 4) is 11.5 Å². The van der Waals surface area contributed by atoms with Crippen molar-refractivity contribution in [2.75, 3.05) is 31.0 Å². The maximum atomic E-state index is 13.3. The zero-order chi connectivity index (χ0) is 21.8. The van der Waals surface area contributed by atoms with Crippen molar-refractivity contribution < 1.29 is 14.6 Å². The molecular formula is C25H28N2O3. The summed E-state index contributed by atoms with van der Waals surface area (Å²) in [5, 5.41) is 10.4. The molecule has 1 aliphatic heterocycles. The Hall–Kier alpha value is -3.47. The molecule has 3 rings (SSSR count). The molecule has 1 unspecified atom stereocenters. The molecule has 2 aromatic carbocycles. The van der Waals surface area contributed by atoms with Gasteiger partial charge in [0.25, 0.3) is 0 Å². The molecule has 0 saturated carbocycles. The third kappa shape index (κ3) is 3.96. The van der Waals surface area contributed by atoms with Crippen molar-refractivity contribution in [3.63, 3.8) is 0 Å². The first-order valence-corrected chi connectivity index (χ1v) is 9.85. The second-order valence-electron chi connectivity index (χ2n) is 7.36. The van der Waals surface area contributed by atoms with E-state index in [2.05, 4.69) is 6.58 Å². The summed E-state index contributed by atoms with van der Waals surface area (Å²) >= 11 is 0. The van der Waals surface area contributed by atoms with Gasteiger partial charge < -0.3 is 19.6 Å². The first kappa shape index (κ1) is 21.2. The summed E-state index contributed by atoms with van der Waals surface area (Å²) in [6.07, 6.45) is 7.72. The van der Waals surface area contributed by atoms with E-state index in [4.69, 9.17) is 4.74 Å². The van der Waals surface area contributed by atoms with Gasteiger partial charge in [-0.3, -0.25) is 4.79 Å². The number of fused-ring (bicyclic) bond motifs is 1. The maximum absolute atomic E-state index is 13.3. The summed E-state index contributed by atoms with van der Waals surface area (Å²) in [5.41, 5.74) is 4.53. The van der Waals surface area contributed by atoms with Gasteiger partial charge in [0, 0.05) is 25.5 Å². The summed E-state index contributed by atoms with van der Waals surface area (Å²) in [6.45, 7) is 5.70. The van der Waals surface area contributed by atoms with E-state index in [0.29, 0.717) is 5.75 Å². The van der Waals surface area contributed by atoms with Crippen molar-refractivity contribution in [2.24, 2.45) is 0 Å². The SMILES string of the molecule is C=CC=CC(=CC)C1c2cc(O)c(OC)cc2CC(=O)N1c1ccc(N(C)C)cc1. The molecule has 1 aliphatic rings. The Morgan fingerprint density at radius 2 is 1.97 bits per heavy atom. The number of aromatic hydroxyl groups is 1. The number of benzene rings is 2. The molecule has 5 heteroatoms. The highest BCUT2D eigenvalue weighted by Crippen LogP contribution is 2.43. The Balaban J connectivity index is 2.19. The fourth-order valence-electron chi connectivity index (χ4n) is 3.79. The lowest BCUT2D eigenvalue weighted by Crippen LogP contribution is -2.41. The minimum absolute atomic E-state index is 0.0100. The number of anilines is 2. The van der Waals surface area contributed by atoms with Gasteiger partial charge >= 0.3 is 0 Å². The summed E-state index contributed by atoms with van der Waals surface area (Å²) in [5.74, 6) is 0.415. The van der Waals surface area contributed by atoms with Crippen molar-refractivity contribution in [1.82, 2.24) is 0 Å². The molecule has 5 nitrogen and oxygen atoms in total. The highest BCUT2D eigenvalue weighted by molar-refractivity contribution is 5.98. The van der Waals surface area contributed by atoms with E-state index in [1.807, 2.05) is 68.4 Å². The highest BCUT2D eigenvalue weighted by Gasteiger charge is 2.36.